The van der Waals surface area contributed by atoms with Crippen molar-refractivity contribution < 1.29 is 0 Å². The van der Waals surface area contributed by atoms with Gasteiger partial charge < -0.3 is 15.2 Å². The SMILES string of the molecule is CC1CC1CN(C)CC1Cc2nc[nH]c2CN1. The molecule has 1 aliphatic carbocycles. The van der Waals surface area contributed by atoms with Crippen molar-refractivity contribution in [3.8, 4) is 0 Å². The quantitative estimate of drug-likeness (QED) is 0.817. The monoisotopic (exact) mass is 234 g/mol. The van der Waals surface area contributed by atoms with Crippen LogP contribution in [0.1, 0.15) is 24.7 Å². The van der Waals surface area contributed by atoms with Crippen molar-refractivity contribution in [1.82, 2.24) is 20.2 Å². The van der Waals surface area contributed by atoms with Crippen LogP contribution in [0.4, 0.5) is 0 Å². The van der Waals surface area contributed by atoms with Crippen molar-refractivity contribution in [3.05, 3.63) is 17.7 Å². The molecule has 1 aromatic heterocycles. The lowest BCUT2D eigenvalue weighted by atomic mass is 10.1. The normalized spacial score (nSPS) is 31.6. The van der Waals surface area contributed by atoms with Gasteiger partial charge >= 0.3 is 0 Å². The lowest BCUT2D eigenvalue weighted by Gasteiger charge is -2.27. The summed E-state index contributed by atoms with van der Waals surface area (Å²) in [4.78, 5) is 10.1. The van der Waals surface area contributed by atoms with Gasteiger partial charge in [-0.3, -0.25) is 0 Å². The van der Waals surface area contributed by atoms with Crippen LogP contribution >= 0.6 is 0 Å². The third-order valence-electron chi connectivity index (χ3n) is 4.17. The highest BCUT2D eigenvalue weighted by molar-refractivity contribution is 5.15. The first kappa shape index (κ1) is 11.2. The Labute approximate surface area is 103 Å². The minimum atomic E-state index is 0.560. The molecule has 0 aromatic carbocycles. The Hall–Kier alpha value is -0.870. The zero-order chi connectivity index (χ0) is 11.8. The smallest absolute Gasteiger partial charge is 0.0925 e. The molecular formula is C13H22N4. The molecule has 1 saturated carbocycles. The predicted molar refractivity (Wildman–Crippen MR) is 67.7 cm³/mol. The first-order chi connectivity index (χ1) is 8.22. The molecule has 1 fully saturated rings. The summed E-state index contributed by atoms with van der Waals surface area (Å²) in [5, 5.41) is 3.58. The van der Waals surface area contributed by atoms with Crippen LogP contribution in [0.2, 0.25) is 0 Å². The number of likely N-dealkylation sites (N-methyl/N-ethyl adjacent to an activating group) is 1. The van der Waals surface area contributed by atoms with Crippen molar-refractivity contribution >= 4 is 0 Å². The number of rotatable bonds is 4. The maximum absolute atomic E-state index is 4.39. The summed E-state index contributed by atoms with van der Waals surface area (Å²) in [5.41, 5.74) is 2.52. The summed E-state index contributed by atoms with van der Waals surface area (Å²) in [6, 6.07) is 0.560. The van der Waals surface area contributed by atoms with E-state index in [1.165, 1.54) is 24.4 Å². The highest BCUT2D eigenvalue weighted by atomic mass is 15.1. The molecule has 0 bridgehead atoms. The number of aromatic nitrogens is 2. The van der Waals surface area contributed by atoms with E-state index >= 15 is 0 Å². The second-order valence-corrected chi connectivity index (χ2v) is 5.80. The Balaban J connectivity index is 1.50. The topological polar surface area (TPSA) is 44.0 Å². The Morgan fingerprint density at radius 2 is 2.29 bits per heavy atom. The number of nitrogens with one attached hydrogen (secondary N) is 2. The Morgan fingerprint density at radius 3 is 3.06 bits per heavy atom. The third kappa shape index (κ3) is 2.53. The maximum Gasteiger partial charge on any atom is 0.0925 e. The number of aromatic amines is 1. The van der Waals surface area contributed by atoms with Crippen LogP contribution < -0.4 is 5.32 Å². The van der Waals surface area contributed by atoms with E-state index in [1.807, 2.05) is 6.33 Å². The van der Waals surface area contributed by atoms with Crippen molar-refractivity contribution in [2.75, 3.05) is 20.1 Å². The molecule has 1 aromatic rings. The van der Waals surface area contributed by atoms with E-state index in [1.54, 1.807) is 0 Å². The van der Waals surface area contributed by atoms with E-state index in [2.05, 4.69) is 34.2 Å². The standard InChI is InChI=1S/C13H22N4/c1-9-3-10(9)6-17(2)7-11-4-12-13(5-14-11)16-8-15-12/h8-11,14H,3-7H2,1-2H3,(H,15,16). The van der Waals surface area contributed by atoms with Crippen molar-refractivity contribution in [1.29, 1.82) is 0 Å². The molecule has 2 heterocycles. The van der Waals surface area contributed by atoms with Gasteiger partial charge in [0.15, 0.2) is 0 Å². The molecule has 4 nitrogen and oxygen atoms in total. The number of imidazole rings is 1. The van der Waals surface area contributed by atoms with Gasteiger partial charge in [0.05, 0.1) is 17.7 Å². The molecule has 1 aliphatic heterocycles. The van der Waals surface area contributed by atoms with Gasteiger partial charge in [0.2, 0.25) is 0 Å². The van der Waals surface area contributed by atoms with Crippen LogP contribution in [0.15, 0.2) is 6.33 Å². The van der Waals surface area contributed by atoms with E-state index < -0.39 is 0 Å². The molecule has 2 aliphatic rings. The molecule has 94 valence electrons. The second kappa shape index (κ2) is 4.42. The van der Waals surface area contributed by atoms with Gasteiger partial charge in [-0.05, 0) is 25.3 Å². The Morgan fingerprint density at radius 1 is 1.47 bits per heavy atom. The maximum atomic E-state index is 4.39. The number of hydrogen-bond donors (Lipinski definition) is 2. The summed E-state index contributed by atoms with van der Waals surface area (Å²) >= 11 is 0. The van der Waals surface area contributed by atoms with Gasteiger partial charge in [-0.2, -0.15) is 0 Å². The van der Waals surface area contributed by atoms with Gasteiger partial charge in [0, 0.05) is 32.1 Å². The Bertz CT molecular complexity index is 387. The van der Waals surface area contributed by atoms with Crippen LogP contribution in [0.25, 0.3) is 0 Å². The first-order valence-electron chi connectivity index (χ1n) is 6.65. The van der Waals surface area contributed by atoms with E-state index in [9.17, 15) is 0 Å². The van der Waals surface area contributed by atoms with Gasteiger partial charge in [0.25, 0.3) is 0 Å². The Kier molecular flexibility index (Phi) is 2.92. The summed E-state index contributed by atoms with van der Waals surface area (Å²) < 4.78 is 0. The minimum absolute atomic E-state index is 0.560. The van der Waals surface area contributed by atoms with Crippen molar-refractivity contribution in [3.63, 3.8) is 0 Å². The molecule has 3 rings (SSSR count). The molecular weight excluding hydrogens is 212 g/mol. The zero-order valence-electron chi connectivity index (χ0n) is 10.7. The van der Waals surface area contributed by atoms with Gasteiger partial charge in [-0.15, -0.1) is 0 Å². The predicted octanol–water partition coefficient (Wildman–Crippen LogP) is 1.01. The summed E-state index contributed by atoms with van der Waals surface area (Å²) in [6.45, 7) is 5.68. The number of fused-ring (bicyclic) bond motifs is 1. The molecule has 0 radical (unpaired) electrons. The van der Waals surface area contributed by atoms with E-state index in [4.69, 9.17) is 0 Å². The number of hydrogen-bond acceptors (Lipinski definition) is 3. The van der Waals surface area contributed by atoms with Crippen molar-refractivity contribution in [2.45, 2.75) is 32.4 Å². The minimum Gasteiger partial charge on any atom is -0.347 e. The summed E-state index contributed by atoms with van der Waals surface area (Å²) in [6.07, 6.45) is 4.29. The fourth-order valence-corrected chi connectivity index (χ4v) is 2.86. The molecule has 2 N–H and O–H groups in total. The van der Waals surface area contributed by atoms with Crippen molar-refractivity contribution in [2.24, 2.45) is 11.8 Å². The average Bonchev–Trinajstić information content (AvgIpc) is 2.79. The molecule has 17 heavy (non-hydrogen) atoms. The van der Waals surface area contributed by atoms with Gasteiger partial charge in [-0.25, -0.2) is 4.98 Å². The van der Waals surface area contributed by atoms with E-state index in [0.29, 0.717) is 6.04 Å². The molecule has 3 unspecified atom stereocenters. The van der Waals surface area contributed by atoms with E-state index in [0.717, 1.165) is 31.3 Å². The van der Waals surface area contributed by atoms with Crippen LogP contribution in [0, 0.1) is 11.8 Å². The summed E-state index contributed by atoms with van der Waals surface area (Å²) in [7, 11) is 2.24. The average molecular weight is 234 g/mol. The van der Waals surface area contributed by atoms with Gasteiger partial charge in [-0.1, -0.05) is 6.92 Å². The van der Waals surface area contributed by atoms with Crippen LogP contribution in [0.5, 0.6) is 0 Å². The second-order valence-electron chi connectivity index (χ2n) is 5.80. The lowest BCUT2D eigenvalue weighted by Crippen LogP contribution is -2.44. The van der Waals surface area contributed by atoms with Crippen LogP contribution in [0.3, 0.4) is 0 Å². The van der Waals surface area contributed by atoms with E-state index in [-0.39, 0.29) is 0 Å². The highest BCUT2D eigenvalue weighted by Crippen LogP contribution is 2.37. The molecule has 0 saturated heterocycles. The fourth-order valence-electron chi connectivity index (χ4n) is 2.86. The third-order valence-corrected chi connectivity index (χ3v) is 4.17. The highest BCUT2D eigenvalue weighted by Gasteiger charge is 2.33. The number of nitrogens with zero attached hydrogens (tertiary/aromatic N) is 2. The van der Waals surface area contributed by atoms with Crippen LogP contribution in [-0.4, -0.2) is 41.0 Å². The largest absolute Gasteiger partial charge is 0.347 e. The fraction of sp³-hybridized carbons (Fsp3) is 0.769. The van der Waals surface area contributed by atoms with Gasteiger partial charge in [0.1, 0.15) is 0 Å². The first-order valence-corrected chi connectivity index (χ1v) is 6.65. The zero-order valence-corrected chi connectivity index (χ0v) is 10.7. The lowest BCUT2D eigenvalue weighted by molar-refractivity contribution is 0.266. The molecule has 3 atom stereocenters. The molecule has 0 amide bonds. The summed E-state index contributed by atoms with van der Waals surface area (Å²) in [5.74, 6) is 1.90. The molecule has 4 heteroatoms. The molecule has 0 spiro atoms. The number of H-pyrrole nitrogens is 1. The van der Waals surface area contributed by atoms with Crippen LogP contribution in [-0.2, 0) is 13.0 Å².